The molecule has 2 aliphatic rings. The Balaban J connectivity index is 2.21. The molecule has 1 nitrogen and oxygen atoms in total. The van der Waals surface area contributed by atoms with Crippen molar-refractivity contribution in [2.75, 3.05) is 18.8 Å². The molecule has 0 aromatic rings. The fourth-order valence-corrected chi connectivity index (χ4v) is 3.39. The summed E-state index contributed by atoms with van der Waals surface area (Å²) in [5, 5.41) is 3.46. The molecule has 0 aromatic heterocycles. The van der Waals surface area contributed by atoms with Crippen LogP contribution in [0.5, 0.6) is 0 Å². The molecule has 10 heavy (non-hydrogen) atoms. The first-order chi connectivity index (χ1) is 4.71. The van der Waals surface area contributed by atoms with Crippen LogP contribution in [0.25, 0.3) is 0 Å². The summed E-state index contributed by atoms with van der Waals surface area (Å²) >= 11 is 1.78. The lowest BCUT2D eigenvalue weighted by atomic mass is 9.87. The first-order valence-corrected chi connectivity index (χ1v) is 4.77. The lowest BCUT2D eigenvalue weighted by Gasteiger charge is -2.32. The first-order valence-electron chi connectivity index (χ1n) is 3.72. The Labute approximate surface area is 64.8 Å². The molecule has 58 valence electrons. The molecule has 2 bridgehead atoms. The van der Waals surface area contributed by atoms with E-state index in [1.165, 1.54) is 0 Å². The number of hydrogen-bond acceptors (Lipinski definition) is 2. The van der Waals surface area contributed by atoms with Gasteiger partial charge in [0.25, 0.3) is 0 Å². The van der Waals surface area contributed by atoms with Gasteiger partial charge < -0.3 is 5.32 Å². The summed E-state index contributed by atoms with van der Waals surface area (Å²) in [5.41, 5.74) is -0.893. The highest BCUT2D eigenvalue weighted by atomic mass is 32.2. The summed E-state index contributed by atoms with van der Waals surface area (Å²) < 4.78 is 13.7. The minimum Gasteiger partial charge on any atom is -0.315 e. The zero-order chi connectivity index (χ0) is 7.19. The molecule has 2 fully saturated rings. The largest absolute Gasteiger partial charge is 0.315 e. The molecule has 2 saturated heterocycles. The molecule has 2 heterocycles. The van der Waals surface area contributed by atoms with Gasteiger partial charge in [0.05, 0.1) is 5.25 Å². The summed E-state index contributed by atoms with van der Waals surface area (Å²) in [7, 11) is 0. The Bertz CT molecular complexity index is 131. The minimum absolute atomic E-state index is 0.214. The Morgan fingerprint density at radius 2 is 2.40 bits per heavy atom. The van der Waals surface area contributed by atoms with Gasteiger partial charge in [-0.3, -0.25) is 0 Å². The molecule has 1 N–H and O–H groups in total. The first kappa shape index (κ1) is 6.92. The molecule has 0 aliphatic carbocycles. The van der Waals surface area contributed by atoms with Crippen LogP contribution in [0.4, 0.5) is 4.39 Å². The third-order valence-electron chi connectivity index (χ3n) is 2.65. The molecule has 0 saturated carbocycles. The molecule has 3 heteroatoms. The van der Waals surface area contributed by atoms with Crippen LogP contribution in [0.3, 0.4) is 0 Å². The number of alkyl halides is 1. The Morgan fingerprint density at radius 3 is 3.00 bits per heavy atom. The van der Waals surface area contributed by atoms with Gasteiger partial charge in [0.2, 0.25) is 0 Å². The van der Waals surface area contributed by atoms with E-state index in [9.17, 15) is 4.39 Å². The maximum Gasteiger partial charge on any atom is 0.126 e. The SMILES string of the molecule is CC1(F)C2CNCC1SC2. The van der Waals surface area contributed by atoms with Crippen LogP contribution in [0.1, 0.15) is 6.92 Å². The molecular weight excluding hydrogens is 149 g/mol. The average molecular weight is 161 g/mol. The highest BCUT2D eigenvalue weighted by Gasteiger charge is 2.49. The second kappa shape index (κ2) is 2.11. The lowest BCUT2D eigenvalue weighted by molar-refractivity contribution is 0.100. The van der Waals surface area contributed by atoms with Crippen LogP contribution in [-0.2, 0) is 0 Å². The third kappa shape index (κ3) is 0.800. The smallest absolute Gasteiger partial charge is 0.126 e. The zero-order valence-electron chi connectivity index (χ0n) is 6.06. The number of nitrogens with one attached hydrogen (secondary N) is 1. The van der Waals surface area contributed by atoms with Crippen molar-refractivity contribution in [1.82, 2.24) is 5.32 Å². The van der Waals surface area contributed by atoms with Gasteiger partial charge in [-0.25, -0.2) is 4.39 Å². The maximum atomic E-state index is 13.7. The van der Waals surface area contributed by atoms with Gasteiger partial charge in [-0.05, 0) is 6.92 Å². The van der Waals surface area contributed by atoms with E-state index in [-0.39, 0.29) is 11.2 Å². The number of hydrogen-bond donors (Lipinski definition) is 1. The Kier molecular flexibility index (Phi) is 1.46. The second-order valence-corrected chi connectivity index (χ2v) is 4.56. The molecule has 0 amide bonds. The van der Waals surface area contributed by atoms with Gasteiger partial charge >= 0.3 is 0 Å². The van der Waals surface area contributed by atoms with E-state index >= 15 is 0 Å². The standard InChI is InChI=1S/C7H12FNS/c1-7(8)5-2-9-3-6(7)10-4-5/h5-6,9H,2-4H2,1H3. The van der Waals surface area contributed by atoms with Crippen molar-refractivity contribution >= 4 is 11.8 Å². The Morgan fingerprint density at radius 1 is 1.60 bits per heavy atom. The van der Waals surface area contributed by atoms with Crippen molar-refractivity contribution in [1.29, 1.82) is 0 Å². The molecular formula is C7H12FNS. The van der Waals surface area contributed by atoms with E-state index < -0.39 is 5.67 Å². The summed E-state index contributed by atoms with van der Waals surface area (Å²) in [4.78, 5) is 0. The van der Waals surface area contributed by atoms with Gasteiger partial charge in [-0.1, -0.05) is 0 Å². The predicted octanol–water partition coefficient (Wildman–Crippen LogP) is 1.05. The number of fused-ring (bicyclic) bond motifs is 2. The molecule has 2 aliphatic heterocycles. The number of thioether (sulfide) groups is 1. The predicted molar refractivity (Wildman–Crippen MR) is 42.1 cm³/mol. The molecule has 3 unspecified atom stereocenters. The third-order valence-corrected chi connectivity index (χ3v) is 4.27. The highest BCUT2D eigenvalue weighted by Crippen LogP contribution is 2.44. The van der Waals surface area contributed by atoms with Gasteiger partial charge in [-0.2, -0.15) is 11.8 Å². The number of rotatable bonds is 0. The van der Waals surface area contributed by atoms with Crippen LogP contribution in [-0.4, -0.2) is 29.8 Å². The summed E-state index contributed by atoms with van der Waals surface area (Å²) in [5.74, 6) is 1.27. The van der Waals surface area contributed by atoms with Gasteiger partial charge in [0, 0.05) is 24.8 Å². The van der Waals surface area contributed by atoms with E-state index in [4.69, 9.17) is 0 Å². The zero-order valence-corrected chi connectivity index (χ0v) is 6.88. The van der Waals surface area contributed by atoms with Crippen molar-refractivity contribution in [3.8, 4) is 0 Å². The van der Waals surface area contributed by atoms with Crippen molar-refractivity contribution in [3.05, 3.63) is 0 Å². The van der Waals surface area contributed by atoms with Crippen molar-refractivity contribution in [2.45, 2.75) is 17.8 Å². The normalized spacial score (nSPS) is 53.4. The second-order valence-electron chi connectivity index (χ2n) is 3.33. The molecule has 0 aromatic carbocycles. The fraction of sp³-hybridized carbons (Fsp3) is 1.00. The molecule has 0 radical (unpaired) electrons. The van der Waals surface area contributed by atoms with E-state index in [1.54, 1.807) is 18.7 Å². The Hall–Kier alpha value is 0.240. The van der Waals surface area contributed by atoms with Crippen LogP contribution in [0.15, 0.2) is 0 Å². The fourth-order valence-electron chi connectivity index (χ4n) is 1.73. The van der Waals surface area contributed by atoms with Crippen molar-refractivity contribution in [3.63, 3.8) is 0 Å². The molecule has 3 atom stereocenters. The average Bonchev–Trinajstić information content (AvgIpc) is 2.17. The molecule has 0 spiro atoms. The van der Waals surface area contributed by atoms with Gasteiger partial charge in [0.15, 0.2) is 0 Å². The molecule has 2 rings (SSSR count). The summed E-state index contributed by atoms with van der Waals surface area (Å²) in [6.45, 7) is 3.48. The van der Waals surface area contributed by atoms with E-state index in [1.807, 2.05) is 0 Å². The van der Waals surface area contributed by atoms with Crippen LogP contribution < -0.4 is 5.32 Å². The van der Waals surface area contributed by atoms with Crippen molar-refractivity contribution < 1.29 is 4.39 Å². The lowest BCUT2D eigenvalue weighted by Crippen LogP contribution is -2.50. The van der Waals surface area contributed by atoms with Crippen LogP contribution in [0, 0.1) is 5.92 Å². The van der Waals surface area contributed by atoms with Crippen molar-refractivity contribution in [2.24, 2.45) is 5.92 Å². The van der Waals surface area contributed by atoms with Crippen LogP contribution in [0.2, 0.25) is 0 Å². The van der Waals surface area contributed by atoms with Crippen LogP contribution >= 0.6 is 11.8 Å². The van der Waals surface area contributed by atoms with E-state index in [0.29, 0.717) is 0 Å². The number of piperidine rings is 1. The monoisotopic (exact) mass is 161 g/mol. The number of halogens is 1. The van der Waals surface area contributed by atoms with E-state index in [2.05, 4.69) is 5.32 Å². The summed E-state index contributed by atoms with van der Waals surface area (Å²) in [6.07, 6.45) is 0. The van der Waals surface area contributed by atoms with E-state index in [0.717, 1.165) is 18.8 Å². The highest BCUT2D eigenvalue weighted by molar-refractivity contribution is 8.00. The quantitative estimate of drug-likeness (QED) is 0.570. The van der Waals surface area contributed by atoms with Gasteiger partial charge in [0.1, 0.15) is 5.67 Å². The summed E-state index contributed by atoms with van der Waals surface area (Å²) in [6, 6.07) is 0. The topological polar surface area (TPSA) is 12.0 Å². The maximum absolute atomic E-state index is 13.7. The van der Waals surface area contributed by atoms with Gasteiger partial charge in [-0.15, -0.1) is 0 Å². The minimum atomic E-state index is -0.893.